The van der Waals surface area contributed by atoms with E-state index in [2.05, 4.69) is 22.0 Å². The Balaban J connectivity index is 2.06. The summed E-state index contributed by atoms with van der Waals surface area (Å²) in [6, 6.07) is 15.8. The van der Waals surface area contributed by atoms with E-state index in [1.165, 1.54) is 0 Å². The Kier molecular flexibility index (Phi) is 3.25. The van der Waals surface area contributed by atoms with Gasteiger partial charge in [0.1, 0.15) is 0 Å². The molecule has 0 aliphatic rings. The fraction of sp³-hybridized carbons (Fsp3) is 0.0625. The molecule has 0 saturated carbocycles. The van der Waals surface area contributed by atoms with Gasteiger partial charge in [0, 0.05) is 14.9 Å². The minimum absolute atomic E-state index is 0.0999. The van der Waals surface area contributed by atoms with E-state index in [4.69, 9.17) is 0 Å². The number of rotatable bonds is 2. The SMILES string of the molecule is Cc1ccc(C(=O)c2ccc3cc(Br)ccc3c2)s1. The lowest BCUT2D eigenvalue weighted by Crippen LogP contribution is -1.97. The molecule has 19 heavy (non-hydrogen) atoms. The zero-order chi connectivity index (χ0) is 13.4. The van der Waals surface area contributed by atoms with E-state index in [1.807, 2.05) is 49.4 Å². The van der Waals surface area contributed by atoms with Crippen LogP contribution in [0.2, 0.25) is 0 Å². The summed E-state index contributed by atoms with van der Waals surface area (Å²) in [7, 11) is 0. The van der Waals surface area contributed by atoms with E-state index in [1.54, 1.807) is 11.3 Å². The van der Waals surface area contributed by atoms with Crippen LogP contribution in [0.25, 0.3) is 10.8 Å². The van der Waals surface area contributed by atoms with E-state index in [9.17, 15) is 4.79 Å². The Morgan fingerprint density at radius 1 is 1.00 bits per heavy atom. The first-order valence-electron chi connectivity index (χ1n) is 5.94. The molecule has 0 saturated heterocycles. The lowest BCUT2D eigenvalue weighted by atomic mass is 10.0. The number of halogens is 1. The minimum Gasteiger partial charge on any atom is -0.288 e. The summed E-state index contributed by atoms with van der Waals surface area (Å²) >= 11 is 5.00. The second kappa shape index (κ2) is 4.91. The van der Waals surface area contributed by atoms with Gasteiger partial charge in [-0.1, -0.05) is 34.1 Å². The van der Waals surface area contributed by atoms with E-state index in [-0.39, 0.29) is 5.78 Å². The van der Waals surface area contributed by atoms with Gasteiger partial charge in [-0.2, -0.15) is 0 Å². The number of fused-ring (bicyclic) bond motifs is 1. The first-order valence-corrected chi connectivity index (χ1v) is 7.55. The van der Waals surface area contributed by atoms with Crippen molar-refractivity contribution in [2.75, 3.05) is 0 Å². The molecule has 3 heteroatoms. The van der Waals surface area contributed by atoms with E-state index >= 15 is 0 Å². The summed E-state index contributed by atoms with van der Waals surface area (Å²) in [6.45, 7) is 2.01. The van der Waals surface area contributed by atoms with Crippen LogP contribution in [0.15, 0.2) is 53.0 Å². The number of benzene rings is 2. The van der Waals surface area contributed by atoms with Gasteiger partial charge in [0.05, 0.1) is 4.88 Å². The zero-order valence-electron chi connectivity index (χ0n) is 10.3. The van der Waals surface area contributed by atoms with Gasteiger partial charge in [0.25, 0.3) is 0 Å². The average molecular weight is 331 g/mol. The van der Waals surface area contributed by atoms with Crippen LogP contribution in [-0.2, 0) is 0 Å². The van der Waals surface area contributed by atoms with Crippen LogP contribution in [0.4, 0.5) is 0 Å². The first kappa shape index (κ1) is 12.6. The molecular weight excluding hydrogens is 320 g/mol. The van der Waals surface area contributed by atoms with Crippen molar-refractivity contribution in [3.8, 4) is 0 Å². The number of hydrogen-bond donors (Lipinski definition) is 0. The Bertz CT molecular complexity index is 773. The Labute approximate surface area is 124 Å². The second-order valence-corrected chi connectivity index (χ2v) is 6.65. The molecule has 0 fully saturated rings. The summed E-state index contributed by atoms with van der Waals surface area (Å²) in [5.74, 6) is 0.0999. The molecule has 0 unspecified atom stereocenters. The van der Waals surface area contributed by atoms with Gasteiger partial charge < -0.3 is 0 Å². The van der Waals surface area contributed by atoms with Gasteiger partial charge >= 0.3 is 0 Å². The van der Waals surface area contributed by atoms with Crippen molar-refractivity contribution in [2.45, 2.75) is 6.92 Å². The van der Waals surface area contributed by atoms with E-state index in [0.717, 1.165) is 30.6 Å². The summed E-state index contributed by atoms with van der Waals surface area (Å²) in [5.41, 5.74) is 0.747. The molecule has 1 heterocycles. The molecule has 0 N–H and O–H groups in total. The Hall–Kier alpha value is -1.45. The molecule has 0 aliphatic carbocycles. The molecule has 94 valence electrons. The second-order valence-electron chi connectivity index (χ2n) is 4.45. The average Bonchev–Trinajstić information content (AvgIpc) is 2.84. The standard InChI is InChI=1S/C16H11BrOS/c1-10-2-7-15(19-10)16(18)13-4-3-12-9-14(17)6-5-11(12)8-13/h2-9H,1H3. The van der Waals surface area contributed by atoms with Crippen molar-refractivity contribution in [3.05, 3.63) is 68.3 Å². The molecule has 0 spiro atoms. The predicted octanol–water partition coefficient (Wildman–Crippen LogP) is 5.20. The third-order valence-electron chi connectivity index (χ3n) is 3.03. The van der Waals surface area contributed by atoms with E-state index < -0.39 is 0 Å². The van der Waals surface area contributed by atoms with Crippen molar-refractivity contribution in [1.29, 1.82) is 0 Å². The third kappa shape index (κ3) is 2.48. The smallest absolute Gasteiger partial charge is 0.202 e. The molecular formula is C16H11BrOS. The van der Waals surface area contributed by atoms with Crippen molar-refractivity contribution in [1.82, 2.24) is 0 Å². The van der Waals surface area contributed by atoms with Gasteiger partial charge in [-0.05, 0) is 48.0 Å². The highest BCUT2D eigenvalue weighted by Gasteiger charge is 2.11. The fourth-order valence-electron chi connectivity index (χ4n) is 2.06. The zero-order valence-corrected chi connectivity index (χ0v) is 12.7. The molecule has 0 aliphatic heterocycles. The normalized spacial score (nSPS) is 10.8. The van der Waals surface area contributed by atoms with Crippen molar-refractivity contribution in [3.63, 3.8) is 0 Å². The highest BCUT2D eigenvalue weighted by atomic mass is 79.9. The molecule has 0 amide bonds. The van der Waals surface area contributed by atoms with Gasteiger partial charge in [-0.25, -0.2) is 0 Å². The molecule has 0 bridgehead atoms. The first-order chi connectivity index (χ1) is 9.13. The largest absolute Gasteiger partial charge is 0.288 e. The van der Waals surface area contributed by atoms with Crippen LogP contribution in [0, 0.1) is 6.92 Å². The van der Waals surface area contributed by atoms with Crippen molar-refractivity contribution < 1.29 is 4.79 Å². The van der Waals surface area contributed by atoms with Crippen LogP contribution < -0.4 is 0 Å². The number of aryl methyl sites for hydroxylation is 1. The quantitative estimate of drug-likeness (QED) is 0.590. The number of hydrogen-bond acceptors (Lipinski definition) is 2. The lowest BCUT2D eigenvalue weighted by molar-refractivity contribution is 0.104. The summed E-state index contributed by atoms with van der Waals surface area (Å²) in [4.78, 5) is 14.3. The van der Waals surface area contributed by atoms with Crippen molar-refractivity contribution >= 4 is 43.8 Å². The maximum Gasteiger partial charge on any atom is 0.202 e. The number of carbonyl (C=O) groups is 1. The minimum atomic E-state index is 0.0999. The predicted molar refractivity (Wildman–Crippen MR) is 84.1 cm³/mol. The topological polar surface area (TPSA) is 17.1 Å². The number of ketones is 1. The summed E-state index contributed by atoms with van der Waals surface area (Å²) in [6.07, 6.45) is 0. The molecule has 3 aromatic rings. The maximum absolute atomic E-state index is 12.4. The number of carbonyl (C=O) groups excluding carboxylic acids is 1. The molecule has 0 atom stereocenters. The van der Waals surface area contributed by atoms with Gasteiger partial charge in [-0.15, -0.1) is 11.3 Å². The van der Waals surface area contributed by atoms with Crippen molar-refractivity contribution in [2.24, 2.45) is 0 Å². The van der Waals surface area contributed by atoms with Crippen LogP contribution in [-0.4, -0.2) is 5.78 Å². The Morgan fingerprint density at radius 2 is 1.74 bits per heavy atom. The highest BCUT2D eigenvalue weighted by molar-refractivity contribution is 9.10. The van der Waals surface area contributed by atoms with Gasteiger partial charge in [-0.3, -0.25) is 4.79 Å². The summed E-state index contributed by atoms with van der Waals surface area (Å²) < 4.78 is 1.05. The third-order valence-corrected chi connectivity index (χ3v) is 4.52. The van der Waals surface area contributed by atoms with Crippen LogP contribution in [0.3, 0.4) is 0 Å². The fourth-order valence-corrected chi connectivity index (χ4v) is 3.27. The molecule has 1 aromatic heterocycles. The molecule has 0 radical (unpaired) electrons. The molecule has 1 nitrogen and oxygen atoms in total. The highest BCUT2D eigenvalue weighted by Crippen LogP contribution is 2.24. The Morgan fingerprint density at radius 3 is 2.47 bits per heavy atom. The van der Waals surface area contributed by atoms with Crippen LogP contribution in [0.5, 0.6) is 0 Å². The lowest BCUT2D eigenvalue weighted by Gasteiger charge is -2.02. The molecule has 2 aromatic carbocycles. The maximum atomic E-state index is 12.4. The van der Waals surface area contributed by atoms with Crippen LogP contribution in [0.1, 0.15) is 20.1 Å². The van der Waals surface area contributed by atoms with Gasteiger partial charge in [0.15, 0.2) is 0 Å². The van der Waals surface area contributed by atoms with Gasteiger partial charge in [0.2, 0.25) is 5.78 Å². The number of thiophene rings is 1. The molecule has 3 rings (SSSR count). The monoisotopic (exact) mass is 330 g/mol. The summed E-state index contributed by atoms with van der Waals surface area (Å²) in [5, 5.41) is 2.22. The van der Waals surface area contributed by atoms with E-state index in [0.29, 0.717) is 0 Å². The van der Waals surface area contributed by atoms with Crippen LogP contribution >= 0.6 is 27.3 Å².